The van der Waals surface area contributed by atoms with E-state index in [1.54, 1.807) is 4.68 Å². The molecule has 0 unspecified atom stereocenters. The van der Waals surface area contributed by atoms with Crippen molar-refractivity contribution in [3.63, 3.8) is 0 Å². The lowest BCUT2D eigenvalue weighted by Gasteiger charge is -2.38. The normalized spacial score (nSPS) is 20.3. The van der Waals surface area contributed by atoms with Gasteiger partial charge in [0.1, 0.15) is 0 Å². The Balaban J connectivity index is 1.67. The molecule has 2 heterocycles. The highest BCUT2D eigenvalue weighted by Gasteiger charge is 2.36. The maximum absolute atomic E-state index is 13.0. The molecule has 2 N–H and O–H groups in total. The lowest BCUT2D eigenvalue weighted by molar-refractivity contribution is 0.0235. The fourth-order valence-corrected chi connectivity index (χ4v) is 3.95. The van der Waals surface area contributed by atoms with Crippen LogP contribution in [0.5, 0.6) is 0 Å². The minimum Gasteiger partial charge on any atom is -0.393 e. The van der Waals surface area contributed by atoms with E-state index in [2.05, 4.69) is 21.5 Å². The van der Waals surface area contributed by atoms with E-state index in [1.165, 1.54) is 0 Å². The number of aliphatic hydroxyl groups is 1. The Kier molecular flexibility index (Phi) is 4.44. The third kappa shape index (κ3) is 3.21. The van der Waals surface area contributed by atoms with Gasteiger partial charge in [-0.25, -0.2) is 0 Å². The van der Waals surface area contributed by atoms with Crippen LogP contribution in [0, 0.1) is 19.8 Å². The number of hydrogen-bond donors (Lipinski definition) is 2. The summed E-state index contributed by atoms with van der Waals surface area (Å²) in [6.07, 6.45) is 2.91. The molecule has 1 atom stereocenters. The van der Waals surface area contributed by atoms with Gasteiger partial charge in [0.25, 0.3) is 5.91 Å². The molecular formula is C21H24N4O2. The highest BCUT2D eigenvalue weighted by Crippen LogP contribution is 2.38. The fourth-order valence-electron chi connectivity index (χ4n) is 3.95. The Labute approximate surface area is 158 Å². The van der Waals surface area contributed by atoms with E-state index in [4.69, 9.17) is 0 Å². The number of carbonyl (C=O) groups excluding carboxylic acids is 1. The molecule has 6 nitrogen and oxygen atoms in total. The van der Waals surface area contributed by atoms with Crippen molar-refractivity contribution in [2.75, 3.05) is 0 Å². The number of amides is 1. The Hall–Kier alpha value is -2.73. The zero-order valence-corrected chi connectivity index (χ0v) is 15.8. The molecule has 2 aromatic heterocycles. The van der Waals surface area contributed by atoms with E-state index < -0.39 is 0 Å². The molecule has 140 valence electrons. The summed E-state index contributed by atoms with van der Waals surface area (Å²) in [5, 5.41) is 18.4. The molecule has 27 heavy (non-hydrogen) atoms. The van der Waals surface area contributed by atoms with Crippen molar-refractivity contribution >= 4 is 16.8 Å². The third-order valence-electron chi connectivity index (χ3n) is 5.61. The number of carbonyl (C=O) groups is 1. The average molecular weight is 364 g/mol. The fraction of sp³-hybridized carbons (Fsp3) is 0.381. The first-order valence-electron chi connectivity index (χ1n) is 9.28. The molecule has 4 rings (SSSR count). The number of aliphatic hydroxyl groups excluding tert-OH is 1. The Morgan fingerprint density at radius 1 is 1.30 bits per heavy atom. The first-order valence-corrected chi connectivity index (χ1v) is 9.28. The van der Waals surface area contributed by atoms with Crippen LogP contribution in [0.1, 0.15) is 46.2 Å². The highest BCUT2D eigenvalue weighted by atomic mass is 16.3. The van der Waals surface area contributed by atoms with Gasteiger partial charge in [-0.3, -0.25) is 14.5 Å². The van der Waals surface area contributed by atoms with Crippen LogP contribution in [0.15, 0.2) is 36.5 Å². The van der Waals surface area contributed by atoms with Crippen molar-refractivity contribution in [3.05, 3.63) is 59.0 Å². The van der Waals surface area contributed by atoms with Crippen LogP contribution in [0.4, 0.5) is 0 Å². The standard InChI is InChI=1S/C21H24N4O2/c1-12-19(13(2)25(3)24-12)21(27)23-20(15-9-17(26)10-15)16-8-14-6-4-5-7-18(14)22-11-16/h4-8,11,15,17,20,26H,9-10H2,1-3H3,(H,23,27)/t15?,17?,20-/m0/s1. The third-order valence-corrected chi connectivity index (χ3v) is 5.61. The molecule has 0 saturated heterocycles. The number of aromatic nitrogens is 3. The maximum Gasteiger partial charge on any atom is 0.255 e. The van der Waals surface area contributed by atoms with Crippen molar-refractivity contribution in [1.29, 1.82) is 0 Å². The van der Waals surface area contributed by atoms with Crippen molar-refractivity contribution < 1.29 is 9.90 Å². The second-order valence-corrected chi connectivity index (χ2v) is 7.47. The number of nitrogens with zero attached hydrogens (tertiary/aromatic N) is 3. The Morgan fingerprint density at radius 3 is 2.70 bits per heavy atom. The van der Waals surface area contributed by atoms with Crippen LogP contribution >= 0.6 is 0 Å². The number of pyridine rings is 1. The molecule has 1 amide bonds. The smallest absolute Gasteiger partial charge is 0.255 e. The summed E-state index contributed by atoms with van der Waals surface area (Å²) in [7, 11) is 1.84. The van der Waals surface area contributed by atoms with Gasteiger partial charge in [-0.2, -0.15) is 5.10 Å². The van der Waals surface area contributed by atoms with E-state index in [0.29, 0.717) is 18.4 Å². The summed E-state index contributed by atoms with van der Waals surface area (Å²) in [6, 6.07) is 9.84. The minimum absolute atomic E-state index is 0.127. The maximum atomic E-state index is 13.0. The van der Waals surface area contributed by atoms with Crippen molar-refractivity contribution in [1.82, 2.24) is 20.1 Å². The Morgan fingerprint density at radius 2 is 2.04 bits per heavy atom. The summed E-state index contributed by atoms with van der Waals surface area (Å²) in [5.41, 5.74) is 4.08. The topological polar surface area (TPSA) is 80.0 Å². The Bertz CT molecular complexity index is 1000. The van der Waals surface area contributed by atoms with E-state index in [1.807, 2.05) is 51.4 Å². The average Bonchev–Trinajstić information content (AvgIpc) is 2.89. The van der Waals surface area contributed by atoms with Gasteiger partial charge < -0.3 is 10.4 Å². The number of nitrogens with one attached hydrogen (secondary N) is 1. The molecule has 1 aromatic carbocycles. The van der Waals surface area contributed by atoms with Crippen LogP contribution in [0.25, 0.3) is 10.9 Å². The first-order chi connectivity index (χ1) is 12.9. The van der Waals surface area contributed by atoms with Crippen molar-refractivity contribution in [3.8, 4) is 0 Å². The van der Waals surface area contributed by atoms with Gasteiger partial charge in [0, 0.05) is 24.3 Å². The van der Waals surface area contributed by atoms with Gasteiger partial charge in [-0.15, -0.1) is 0 Å². The number of hydrogen-bond acceptors (Lipinski definition) is 4. The van der Waals surface area contributed by atoms with Gasteiger partial charge in [0.2, 0.25) is 0 Å². The van der Waals surface area contributed by atoms with Crippen LogP contribution in [0.2, 0.25) is 0 Å². The van der Waals surface area contributed by atoms with Gasteiger partial charge >= 0.3 is 0 Å². The predicted molar refractivity (Wildman–Crippen MR) is 103 cm³/mol. The quantitative estimate of drug-likeness (QED) is 0.746. The van der Waals surface area contributed by atoms with E-state index >= 15 is 0 Å². The first kappa shape index (κ1) is 17.7. The summed E-state index contributed by atoms with van der Waals surface area (Å²) >= 11 is 0. The molecule has 0 bridgehead atoms. The number of benzene rings is 1. The number of fused-ring (bicyclic) bond motifs is 1. The minimum atomic E-state index is -0.287. The van der Waals surface area contributed by atoms with E-state index in [-0.39, 0.29) is 24.0 Å². The van der Waals surface area contributed by atoms with Crippen LogP contribution in [0.3, 0.4) is 0 Å². The lowest BCUT2D eigenvalue weighted by Crippen LogP contribution is -2.41. The van der Waals surface area contributed by atoms with Gasteiger partial charge in [-0.05, 0) is 50.3 Å². The molecular weight excluding hydrogens is 340 g/mol. The van der Waals surface area contributed by atoms with Crippen LogP contribution in [-0.2, 0) is 7.05 Å². The molecule has 1 fully saturated rings. The van der Waals surface area contributed by atoms with Gasteiger partial charge in [0.05, 0.1) is 28.9 Å². The lowest BCUT2D eigenvalue weighted by atomic mass is 9.75. The molecule has 0 radical (unpaired) electrons. The van der Waals surface area contributed by atoms with Gasteiger partial charge in [-0.1, -0.05) is 18.2 Å². The predicted octanol–water partition coefficient (Wildman–Crippen LogP) is 2.83. The molecule has 1 aliphatic carbocycles. The summed E-state index contributed by atoms with van der Waals surface area (Å²) in [4.78, 5) is 17.6. The molecule has 3 aromatic rings. The van der Waals surface area contributed by atoms with E-state index in [0.717, 1.165) is 27.9 Å². The molecule has 1 saturated carbocycles. The summed E-state index contributed by atoms with van der Waals surface area (Å²) < 4.78 is 1.73. The number of rotatable bonds is 4. The number of para-hydroxylation sites is 1. The molecule has 0 aliphatic heterocycles. The zero-order valence-electron chi connectivity index (χ0n) is 15.8. The van der Waals surface area contributed by atoms with Crippen LogP contribution < -0.4 is 5.32 Å². The summed E-state index contributed by atoms with van der Waals surface area (Å²) in [5.74, 6) is 0.0712. The SMILES string of the molecule is Cc1nn(C)c(C)c1C(=O)N[C@H](c1cnc2ccccc2c1)C1CC(O)C1. The monoisotopic (exact) mass is 364 g/mol. The highest BCUT2D eigenvalue weighted by molar-refractivity contribution is 5.96. The second kappa shape index (κ2) is 6.78. The molecule has 1 aliphatic rings. The molecule has 0 spiro atoms. The number of aryl methyl sites for hydroxylation is 2. The van der Waals surface area contributed by atoms with Crippen molar-refractivity contribution in [2.45, 2.75) is 38.8 Å². The van der Waals surface area contributed by atoms with Crippen LogP contribution in [-0.4, -0.2) is 31.9 Å². The van der Waals surface area contributed by atoms with Gasteiger partial charge in [0.15, 0.2) is 0 Å². The molecule has 6 heteroatoms. The van der Waals surface area contributed by atoms with Crippen molar-refractivity contribution in [2.24, 2.45) is 13.0 Å². The largest absolute Gasteiger partial charge is 0.393 e. The summed E-state index contributed by atoms with van der Waals surface area (Å²) in [6.45, 7) is 3.75. The van der Waals surface area contributed by atoms with E-state index in [9.17, 15) is 9.90 Å². The zero-order chi connectivity index (χ0) is 19.1. The second-order valence-electron chi connectivity index (χ2n) is 7.47.